The molecule has 0 aliphatic carbocycles. The van der Waals surface area contributed by atoms with Gasteiger partial charge in [-0.2, -0.15) is 0 Å². The molecule has 0 amide bonds. The number of anilines is 1. The number of hydrogen-bond acceptors (Lipinski definition) is 4. The Morgan fingerprint density at radius 2 is 1.69 bits per heavy atom. The fraction of sp³-hybridized carbons (Fsp3) is 0.381. The Morgan fingerprint density at radius 1 is 1.00 bits per heavy atom. The summed E-state index contributed by atoms with van der Waals surface area (Å²) >= 11 is 0. The molecule has 3 aromatic rings. The third-order valence-corrected chi connectivity index (χ3v) is 4.79. The van der Waals surface area contributed by atoms with E-state index in [1.165, 1.54) is 5.69 Å². The summed E-state index contributed by atoms with van der Waals surface area (Å²) in [6.45, 7) is 11.7. The van der Waals surface area contributed by atoms with E-state index in [0.717, 1.165) is 55.1 Å². The first-order chi connectivity index (χ1) is 12.7. The minimum atomic E-state index is 0.267. The van der Waals surface area contributed by atoms with Gasteiger partial charge in [-0.25, -0.2) is 4.98 Å². The van der Waals surface area contributed by atoms with E-state index in [2.05, 4.69) is 44.9 Å². The van der Waals surface area contributed by atoms with Crippen LogP contribution in [0.1, 0.15) is 20.8 Å². The molecule has 5 nitrogen and oxygen atoms in total. The number of fused-ring (bicyclic) bond motifs is 1. The van der Waals surface area contributed by atoms with Crippen molar-refractivity contribution in [1.82, 2.24) is 14.9 Å². The van der Waals surface area contributed by atoms with Gasteiger partial charge in [0.25, 0.3) is 0 Å². The number of aromatic hydroxyl groups is 1. The topological polar surface area (TPSA) is 55.4 Å². The van der Waals surface area contributed by atoms with Crippen LogP contribution in [-0.2, 0) is 0 Å². The highest BCUT2D eigenvalue weighted by Gasteiger charge is 2.16. The van der Waals surface area contributed by atoms with Crippen molar-refractivity contribution in [3.05, 3.63) is 42.5 Å². The van der Waals surface area contributed by atoms with Gasteiger partial charge in [-0.1, -0.05) is 20.8 Å². The van der Waals surface area contributed by atoms with Gasteiger partial charge in [0.1, 0.15) is 11.6 Å². The summed E-state index contributed by atoms with van der Waals surface area (Å²) in [7, 11) is 0. The van der Waals surface area contributed by atoms with Crippen LogP contribution < -0.4 is 4.90 Å². The number of likely N-dealkylation sites (N-methyl/N-ethyl adjacent to an activating group) is 1. The monoisotopic (exact) mass is 352 g/mol. The molecule has 1 saturated heterocycles. The summed E-state index contributed by atoms with van der Waals surface area (Å²) in [6.07, 6.45) is 0. The summed E-state index contributed by atoms with van der Waals surface area (Å²) in [5.41, 5.74) is 4.24. The summed E-state index contributed by atoms with van der Waals surface area (Å²) in [6, 6.07) is 13.5. The number of nitrogens with one attached hydrogen (secondary N) is 1. The Kier molecular flexibility index (Phi) is 5.78. The van der Waals surface area contributed by atoms with Crippen LogP contribution in [0.4, 0.5) is 5.69 Å². The van der Waals surface area contributed by atoms with Crippen LogP contribution in [-0.4, -0.2) is 52.7 Å². The van der Waals surface area contributed by atoms with Crippen LogP contribution in [0.25, 0.3) is 22.4 Å². The van der Waals surface area contributed by atoms with Gasteiger partial charge in [0.15, 0.2) is 0 Å². The van der Waals surface area contributed by atoms with E-state index in [4.69, 9.17) is 0 Å². The second-order valence-electron chi connectivity index (χ2n) is 6.26. The molecule has 1 fully saturated rings. The molecule has 26 heavy (non-hydrogen) atoms. The van der Waals surface area contributed by atoms with E-state index in [1.54, 1.807) is 12.1 Å². The number of phenolic OH excluding ortho intramolecular Hbond substituents is 1. The van der Waals surface area contributed by atoms with Gasteiger partial charge in [-0.05, 0) is 49.0 Å². The average molecular weight is 352 g/mol. The van der Waals surface area contributed by atoms with Gasteiger partial charge in [0.2, 0.25) is 0 Å². The molecule has 0 atom stereocenters. The Labute approximate surface area is 155 Å². The maximum absolute atomic E-state index is 9.42. The molecule has 4 rings (SSSR count). The van der Waals surface area contributed by atoms with Crippen LogP contribution in [0.5, 0.6) is 5.75 Å². The van der Waals surface area contributed by atoms with Crippen molar-refractivity contribution in [2.24, 2.45) is 0 Å². The molecule has 0 radical (unpaired) electrons. The highest BCUT2D eigenvalue weighted by Crippen LogP contribution is 2.26. The van der Waals surface area contributed by atoms with E-state index in [0.29, 0.717) is 0 Å². The van der Waals surface area contributed by atoms with Crippen molar-refractivity contribution in [3.8, 4) is 17.1 Å². The first-order valence-electron chi connectivity index (χ1n) is 9.49. The van der Waals surface area contributed by atoms with E-state index >= 15 is 0 Å². The zero-order valence-electron chi connectivity index (χ0n) is 15.9. The summed E-state index contributed by atoms with van der Waals surface area (Å²) < 4.78 is 0. The second kappa shape index (κ2) is 8.23. The number of benzene rings is 2. The van der Waals surface area contributed by atoms with Crippen molar-refractivity contribution in [2.75, 3.05) is 37.6 Å². The van der Waals surface area contributed by atoms with E-state index in [-0.39, 0.29) is 5.75 Å². The maximum atomic E-state index is 9.42. The minimum Gasteiger partial charge on any atom is -0.508 e. The van der Waals surface area contributed by atoms with Crippen molar-refractivity contribution in [1.29, 1.82) is 0 Å². The number of imidazole rings is 1. The Hall–Kier alpha value is -2.53. The Balaban J connectivity index is 0.000000948. The third-order valence-electron chi connectivity index (χ3n) is 4.79. The van der Waals surface area contributed by atoms with Crippen molar-refractivity contribution in [3.63, 3.8) is 0 Å². The lowest BCUT2D eigenvalue weighted by atomic mass is 10.2. The molecule has 2 aromatic carbocycles. The molecular formula is C21H28N4O. The Bertz CT molecular complexity index is 833. The fourth-order valence-electron chi connectivity index (χ4n) is 3.27. The van der Waals surface area contributed by atoms with Gasteiger partial charge < -0.3 is 19.9 Å². The number of piperazine rings is 1. The minimum absolute atomic E-state index is 0.267. The number of rotatable bonds is 3. The van der Waals surface area contributed by atoms with Gasteiger partial charge >= 0.3 is 0 Å². The molecule has 1 aliphatic rings. The van der Waals surface area contributed by atoms with E-state index in [9.17, 15) is 5.11 Å². The lowest BCUT2D eigenvalue weighted by Crippen LogP contribution is -2.46. The maximum Gasteiger partial charge on any atom is 0.138 e. The molecular weight excluding hydrogens is 324 g/mol. The number of aromatic nitrogens is 2. The average Bonchev–Trinajstić information content (AvgIpc) is 3.13. The Morgan fingerprint density at radius 3 is 2.35 bits per heavy atom. The van der Waals surface area contributed by atoms with Gasteiger partial charge in [0.05, 0.1) is 11.0 Å². The van der Waals surface area contributed by atoms with Gasteiger partial charge in [0, 0.05) is 37.4 Å². The summed E-state index contributed by atoms with van der Waals surface area (Å²) in [5.74, 6) is 1.10. The van der Waals surface area contributed by atoms with Crippen LogP contribution in [0, 0.1) is 0 Å². The summed E-state index contributed by atoms with van der Waals surface area (Å²) in [4.78, 5) is 13.0. The summed E-state index contributed by atoms with van der Waals surface area (Å²) in [5, 5.41) is 9.42. The number of nitrogens with zero attached hydrogens (tertiary/aromatic N) is 3. The lowest BCUT2D eigenvalue weighted by molar-refractivity contribution is 0.271. The largest absolute Gasteiger partial charge is 0.508 e. The van der Waals surface area contributed by atoms with Gasteiger partial charge in [-0.15, -0.1) is 0 Å². The van der Waals surface area contributed by atoms with Crippen LogP contribution in [0.2, 0.25) is 0 Å². The smallest absolute Gasteiger partial charge is 0.138 e. The zero-order valence-corrected chi connectivity index (χ0v) is 15.9. The molecule has 2 N–H and O–H groups in total. The number of hydrogen-bond donors (Lipinski definition) is 2. The molecule has 0 saturated carbocycles. The predicted octanol–water partition coefficient (Wildman–Crippen LogP) is 4.10. The molecule has 0 bridgehead atoms. The highest BCUT2D eigenvalue weighted by atomic mass is 16.3. The number of H-pyrrole nitrogens is 1. The molecule has 1 aromatic heterocycles. The standard InChI is InChI=1S/C19H22N4O.C2H6/c1-2-22-9-11-23(12-10-22)15-5-8-17-18(13-15)21-19(20-17)14-3-6-16(24)7-4-14;1-2/h3-8,13,24H,2,9-12H2,1H3,(H,20,21);1-2H3. The van der Waals surface area contributed by atoms with E-state index < -0.39 is 0 Å². The van der Waals surface area contributed by atoms with Crippen LogP contribution >= 0.6 is 0 Å². The first-order valence-corrected chi connectivity index (χ1v) is 9.49. The molecule has 0 spiro atoms. The van der Waals surface area contributed by atoms with Gasteiger partial charge in [-0.3, -0.25) is 0 Å². The zero-order chi connectivity index (χ0) is 18.5. The molecule has 1 aliphatic heterocycles. The predicted molar refractivity (Wildman–Crippen MR) is 109 cm³/mol. The lowest BCUT2D eigenvalue weighted by Gasteiger charge is -2.35. The second-order valence-corrected chi connectivity index (χ2v) is 6.26. The number of phenols is 1. The van der Waals surface area contributed by atoms with Crippen molar-refractivity contribution < 1.29 is 5.11 Å². The molecule has 138 valence electrons. The normalized spacial score (nSPS) is 15.0. The quantitative estimate of drug-likeness (QED) is 0.745. The van der Waals surface area contributed by atoms with Crippen molar-refractivity contribution in [2.45, 2.75) is 20.8 Å². The van der Waals surface area contributed by atoms with Crippen LogP contribution in [0.15, 0.2) is 42.5 Å². The number of aromatic amines is 1. The van der Waals surface area contributed by atoms with Crippen LogP contribution in [0.3, 0.4) is 0 Å². The highest BCUT2D eigenvalue weighted by molar-refractivity contribution is 5.83. The fourth-order valence-corrected chi connectivity index (χ4v) is 3.27. The van der Waals surface area contributed by atoms with E-state index in [1.807, 2.05) is 26.0 Å². The van der Waals surface area contributed by atoms with Crippen molar-refractivity contribution >= 4 is 16.7 Å². The molecule has 0 unspecified atom stereocenters. The first kappa shape index (κ1) is 18.3. The third kappa shape index (κ3) is 3.83. The molecule has 5 heteroatoms. The molecule has 2 heterocycles. The SMILES string of the molecule is CC.CCN1CCN(c2ccc3nc(-c4ccc(O)cc4)[nH]c3c2)CC1.